The van der Waals surface area contributed by atoms with Gasteiger partial charge in [-0.3, -0.25) is 9.78 Å². The van der Waals surface area contributed by atoms with Crippen LogP contribution in [0.5, 0.6) is 0 Å². The molecule has 0 radical (unpaired) electrons. The van der Waals surface area contributed by atoms with Crippen molar-refractivity contribution >= 4 is 11.9 Å². The number of hydrogen-bond donors (Lipinski definition) is 2. The number of nitrogens with zero attached hydrogens (tertiary/aromatic N) is 2. The molecule has 0 aliphatic carbocycles. The number of carboxylic acids is 1. The molecule has 1 aromatic rings. The van der Waals surface area contributed by atoms with E-state index in [1.807, 2.05) is 0 Å². The molecular weight excluding hydrogens is 246 g/mol. The van der Waals surface area contributed by atoms with Crippen LogP contribution < -0.4 is 5.32 Å². The molecule has 1 saturated heterocycles. The number of carbonyl (C=O) groups is 2. The lowest BCUT2D eigenvalue weighted by atomic mass is 10.1. The highest BCUT2D eigenvalue weighted by Gasteiger charge is 2.19. The van der Waals surface area contributed by atoms with Crippen LogP contribution in [-0.4, -0.2) is 53.0 Å². The summed E-state index contributed by atoms with van der Waals surface area (Å²) in [5.41, 5.74) is 0.333. The highest BCUT2D eigenvalue weighted by atomic mass is 16.4. The Kier molecular flexibility index (Phi) is 4.11. The second-order valence-electron chi connectivity index (χ2n) is 4.79. The van der Waals surface area contributed by atoms with Crippen LogP contribution in [0.4, 0.5) is 0 Å². The summed E-state index contributed by atoms with van der Waals surface area (Å²) in [6.07, 6.45) is 3.05. The monoisotopic (exact) mass is 263 g/mol. The molecule has 1 amide bonds. The number of piperidine rings is 1. The lowest BCUT2D eigenvalue weighted by Gasteiger charge is -2.29. The number of pyridine rings is 1. The molecule has 2 N–H and O–H groups in total. The van der Waals surface area contributed by atoms with E-state index < -0.39 is 5.97 Å². The number of hydrogen-bond acceptors (Lipinski definition) is 4. The predicted octanol–water partition coefficient (Wildman–Crippen LogP) is 0.604. The Balaban J connectivity index is 1.94. The number of amides is 1. The molecule has 1 aliphatic rings. The summed E-state index contributed by atoms with van der Waals surface area (Å²) in [6, 6.07) is 3.00. The molecule has 1 fully saturated rings. The minimum atomic E-state index is -1.05. The van der Waals surface area contributed by atoms with Gasteiger partial charge in [-0.15, -0.1) is 0 Å². The third-order valence-electron chi connectivity index (χ3n) is 3.30. The normalized spacial score (nSPS) is 17.1. The van der Waals surface area contributed by atoms with Crippen molar-refractivity contribution in [3.63, 3.8) is 0 Å². The van der Waals surface area contributed by atoms with E-state index in [2.05, 4.69) is 22.2 Å². The Morgan fingerprint density at radius 3 is 2.58 bits per heavy atom. The van der Waals surface area contributed by atoms with E-state index in [1.54, 1.807) is 0 Å². The van der Waals surface area contributed by atoms with Crippen LogP contribution in [0, 0.1) is 0 Å². The first kappa shape index (κ1) is 13.5. The van der Waals surface area contributed by atoms with Crippen LogP contribution in [0.15, 0.2) is 18.3 Å². The van der Waals surface area contributed by atoms with Crippen molar-refractivity contribution < 1.29 is 14.7 Å². The van der Waals surface area contributed by atoms with Crippen molar-refractivity contribution in [3.05, 3.63) is 29.6 Å². The molecule has 6 heteroatoms. The second-order valence-corrected chi connectivity index (χ2v) is 4.79. The van der Waals surface area contributed by atoms with Gasteiger partial charge in [0.1, 0.15) is 5.69 Å². The zero-order valence-corrected chi connectivity index (χ0v) is 10.8. The number of aromatic nitrogens is 1. The molecule has 0 bridgehead atoms. The summed E-state index contributed by atoms with van der Waals surface area (Å²) in [6.45, 7) is 1.94. The smallest absolute Gasteiger partial charge is 0.337 e. The Morgan fingerprint density at radius 1 is 1.37 bits per heavy atom. The van der Waals surface area contributed by atoms with E-state index >= 15 is 0 Å². The van der Waals surface area contributed by atoms with Gasteiger partial charge in [0.05, 0.1) is 5.56 Å². The van der Waals surface area contributed by atoms with E-state index in [0.717, 1.165) is 25.9 Å². The lowest BCUT2D eigenvalue weighted by molar-refractivity contribution is 0.0695. The number of aromatic carboxylic acids is 1. The first-order valence-corrected chi connectivity index (χ1v) is 6.25. The van der Waals surface area contributed by atoms with Crippen molar-refractivity contribution in [1.29, 1.82) is 0 Å². The highest BCUT2D eigenvalue weighted by Crippen LogP contribution is 2.09. The topological polar surface area (TPSA) is 82.5 Å². The summed E-state index contributed by atoms with van der Waals surface area (Å²) in [7, 11) is 2.06. The second kappa shape index (κ2) is 5.79. The Bertz CT molecular complexity index is 465. The summed E-state index contributed by atoms with van der Waals surface area (Å²) < 4.78 is 0. The Labute approximate surface area is 111 Å². The molecular formula is C13H17N3O3. The van der Waals surface area contributed by atoms with Crippen molar-refractivity contribution in [2.24, 2.45) is 0 Å². The van der Waals surface area contributed by atoms with Gasteiger partial charge in [0.15, 0.2) is 0 Å². The molecule has 1 aliphatic heterocycles. The molecule has 2 rings (SSSR count). The van der Waals surface area contributed by atoms with E-state index in [0.29, 0.717) is 0 Å². The fraction of sp³-hybridized carbons (Fsp3) is 0.462. The summed E-state index contributed by atoms with van der Waals surface area (Å²) in [5.74, 6) is -1.29. The van der Waals surface area contributed by atoms with Crippen molar-refractivity contribution in [1.82, 2.24) is 15.2 Å². The Hall–Kier alpha value is -1.95. The quantitative estimate of drug-likeness (QED) is 0.834. The minimum absolute atomic E-state index is 0.0795. The number of carboxylic acid groups (broad SMARTS) is 1. The van der Waals surface area contributed by atoms with Crippen LogP contribution >= 0.6 is 0 Å². The maximum absolute atomic E-state index is 11.9. The van der Waals surface area contributed by atoms with Crippen molar-refractivity contribution in [2.45, 2.75) is 18.9 Å². The van der Waals surface area contributed by atoms with Gasteiger partial charge in [-0.2, -0.15) is 0 Å². The van der Waals surface area contributed by atoms with E-state index in [1.165, 1.54) is 18.3 Å². The molecule has 2 heterocycles. The van der Waals surface area contributed by atoms with Gasteiger partial charge in [0.2, 0.25) is 0 Å². The molecule has 0 aromatic carbocycles. The number of nitrogens with one attached hydrogen (secondary N) is 1. The fourth-order valence-electron chi connectivity index (χ4n) is 2.07. The van der Waals surface area contributed by atoms with Crippen LogP contribution in [-0.2, 0) is 0 Å². The fourth-order valence-corrected chi connectivity index (χ4v) is 2.07. The van der Waals surface area contributed by atoms with Gasteiger partial charge in [-0.25, -0.2) is 4.79 Å². The zero-order chi connectivity index (χ0) is 13.8. The van der Waals surface area contributed by atoms with Crippen LogP contribution in [0.3, 0.4) is 0 Å². The average Bonchev–Trinajstić information content (AvgIpc) is 2.41. The largest absolute Gasteiger partial charge is 0.478 e. The van der Waals surface area contributed by atoms with Gasteiger partial charge in [0, 0.05) is 12.2 Å². The SMILES string of the molecule is CN1CCC(NC(=O)c2ccc(C(=O)O)cn2)CC1. The van der Waals surface area contributed by atoms with Crippen LogP contribution in [0.2, 0.25) is 0 Å². The molecule has 0 atom stereocenters. The van der Waals surface area contributed by atoms with Gasteiger partial charge >= 0.3 is 5.97 Å². The molecule has 1 aromatic heterocycles. The molecule has 0 saturated carbocycles. The molecule has 0 spiro atoms. The van der Waals surface area contributed by atoms with Crippen LogP contribution in [0.25, 0.3) is 0 Å². The first-order valence-electron chi connectivity index (χ1n) is 6.25. The summed E-state index contributed by atoms with van der Waals surface area (Å²) in [4.78, 5) is 28.7. The number of carbonyl (C=O) groups excluding carboxylic acids is 1. The molecule has 19 heavy (non-hydrogen) atoms. The van der Waals surface area contributed by atoms with Gasteiger partial charge < -0.3 is 15.3 Å². The third-order valence-corrected chi connectivity index (χ3v) is 3.30. The van der Waals surface area contributed by atoms with Crippen molar-refractivity contribution in [3.8, 4) is 0 Å². The highest BCUT2D eigenvalue weighted by molar-refractivity contribution is 5.93. The van der Waals surface area contributed by atoms with E-state index in [4.69, 9.17) is 5.11 Å². The average molecular weight is 263 g/mol. The van der Waals surface area contributed by atoms with Crippen molar-refractivity contribution in [2.75, 3.05) is 20.1 Å². The maximum atomic E-state index is 11.9. The maximum Gasteiger partial charge on any atom is 0.337 e. The predicted molar refractivity (Wildman–Crippen MR) is 69.2 cm³/mol. The zero-order valence-electron chi connectivity index (χ0n) is 10.8. The van der Waals surface area contributed by atoms with E-state index in [9.17, 15) is 9.59 Å². The standard InChI is InChI=1S/C13H17N3O3/c1-16-6-4-10(5-7-16)15-12(17)11-3-2-9(8-14-11)13(18)19/h2-3,8,10H,4-7H2,1H3,(H,15,17)(H,18,19). The molecule has 102 valence electrons. The number of rotatable bonds is 3. The molecule has 6 nitrogen and oxygen atoms in total. The van der Waals surface area contributed by atoms with E-state index in [-0.39, 0.29) is 23.2 Å². The summed E-state index contributed by atoms with van der Waals surface area (Å²) >= 11 is 0. The van der Waals surface area contributed by atoms with Gasteiger partial charge in [-0.1, -0.05) is 0 Å². The number of likely N-dealkylation sites (tertiary alicyclic amines) is 1. The third kappa shape index (κ3) is 3.51. The van der Waals surface area contributed by atoms with Crippen LogP contribution in [0.1, 0.15) is 33.7 Å². The summed E-state index contributed by atoms with van der Waals surface area (Å²) in [5, 5.41) is 11.7. The van der Waals surface area contributed by atoms with Gasteiger partial charge in [0.25, 0.3) is 5.91 Å². The molecule has 0 unspecified atom stereocenters. The Morgan fingerprint density at radius 2 is 2.05 bits per heavy atom. The lowest BCUT2D eigenvalue weighted by Crippen LogP contribution is -2.43. The first-order chi connectivity index (χ1) is 9.06. The minimum Gasteiger partial charge on any atom is -0.478 e. The van der Waals surface area contributed by atoms with Gasteiger partial charge in [-0.05, 0) is 45.1 Å².